The van der Waals surface area contributed by atoms with E-state index in [9.17, 15) is 19.5 Å². The quantitative estimate of drug-likeness (QED) is 0.229. The van der Waals surface area contributed by atoms with E-state index in [4.69, 9.17) is 19.7 Å². The fraction of sp³-hybridized carbons (Fsp3) is 0.300. The van der Waals surface area contributed by atoms with Crippen molar-refractivity contribution in [3.05, 3.63) is 95.1 Å². The van der Waals surface area contributed by atoms with E-state index in [0.717, 1.165) is 16.0 Å². The Hall–Kier alpha value is -3.70. The number of hydrogen-bond acceptors (Lipinski definition) is 7. The second-order valence-electron chi connectivity index (χ2n) is 9.53. The molecule has 1 fully saturated rings. The van der Waals surface area contributed by atoms with E-state index in [1.54, 1.807) is 54.2 Å². The molecule has 1 saturated heterocycles. The Morgan fingerprint density at radius 1 is 0.900 bits per heavy atom. The lowest BCUT2D eigenvalue weighted by molar-refractivity contribution is -0.268. The van der Waals surface area contributed by atoms with Crippen LogP contribution >= 0.6 is 11.8 Å². The van der Waals surface area contributed by atoms with Gasteiger partial charge in [0.2, 0.25) is 5.91 Å². The van der Waals surface area contributed by atoms with Crippen LogP contribution < -0.4 is 5.32 Å². The number of carboxylic acids is 2. The molecular formula is C30H31NO8S. The number of aliphatic carboxylic acids is 1. The van der Waals surface area contributed by atoms with E-state index in [1.807, 2.05) is 30.3 Å². The first-order valence-electron chi connectivity index (χ1n) is 12.8. The Morgan fingerprint density at radius 2 is 1.62 bits per heavy atom. The molecule has 0 saturated carbocycles. The van der Waals surface area contributed by atoms with E-state index >= 15 is 0 Å². The summed E-state index contributed by atoms with van der Waals surface area (Å²) in [5.74, 6) is -1.87. The first kappa shape index (κ1) is 29.3. The summed E-state index contributed by atoms with van der Waals surface area (Å²) >= 11 is 1.56. The third-order valence-corrected chi connectivity index (χ3v) is 7.75. The molecule has 1 amide bonds. The predicted octanol–water partition coefficient (Wildman–Crippen LogP) is 5.26. The molecule has 210 valence electrons. The van der Waals surface area contributed by atoms with Crippen LogP contribution in [0.1, 0.15) is 59.2 Å². The first-order chi connectivity index (χ1) is 19.2. The molecule has 9 nitrogen and oxygen atoms in total. The van der Waals surface area contributed by atoms with E-state index in [2.05, 4.69) is 12.2 Å². The summed E-state index contributed by atoms with van der Waals surface area (Å²) in [5, 5.41) is 30.2. The average molecular weight is 566 g/mol. The summed E-state index contributed by atoms with van der Waals surface area (Å²) in [6.45, 7) is 2.00. The summed E-state index contributed by atoms with van der Waals surface area (Å²) in [4.78, 5) is 35.1. The second-order valence-corrected chi connectivity index (χ2v) is 10.6. The standard InChI is InChI=1S/C30H31NO8S/c1-18-25(17-40-24-11-9-21(10-12-24)29(36)37)38-30(39-28(18)20-7-5-19(16-32)6-8-20)22-3-2-4-23(15-22)31-26(33)13-14-27(34)35/h2-12,15,18,25,28,30,32H,13-14,16-17H2,1H3,(H,31,33)(H,34,35)(H,36,37)/t18-,25+,28+,30+/m0/s1. The summed E-state index contributed by atoms with van der Waals surface area (Å²) in [5.41, 5.74) is 3.16. The zero-order chi connectivity index (χ0) is 28.6. The van der Waals surface area contributed by atoms with Crippen LogP contribution in [0.2, 0.25) is 0 Å². The molecule has 1 aliphatic heterocycles. The van der Waals surface area contributed by atoms with Crippen molar-refractivity contribution in [3.63, 3.8) is 0 Å². The van der Waals surface area contributed by atoms with Gasteiger partial charge in [0, 0.05) is 34.2 Å². The van der Waals surface area contributed by atoms with Crippen molar-refractivity contribution in [3.8, 4) is 0 Å². The minimum absolute atomic E-state index is 0.0408. The second kappa shape index (κ2) is 13.6. The van der Waals surface area contributed by atoms with Crippen LogP contribution in [0.25, 0.3) is 0 Å². The number of ether oxygens (including phenoxy) is 2. The number of amides is 1. The molecule has 1 heterocycles. The highest BCUT2D eigenvalue weighted by Crippen LogP contribution is 2.43. The number of aromatic carboxylic acids is 1. The highest BCUT2D eigenvalue weighted by atomic mass is 32.2. The molecule has 0 spiro atoms. The van der Waals surface area contributed by atoms with Crippen molar-refractivity contribution in [1.82, 2.24) is 0 Å². The number of hydrogen-bond donors (Lipinski definition) is 4. The fourth-order valence-corrected chi connectivity index (χ4v) is 5.46. The van der Waals surface area contributed by atoms with Gasteiger partial charge >= 0.3 is 11.9 Å². The van der Waals surface area contributed by atoms with Crippen LogP contribution in [-0.4, -0.2) is 45.0 Å². The van der Waals surface area contributed by atoms with Gasteiger partial charge in [-0.2, -0.15) is 0 Å². The molecule has 0 bridgehead atoms. The lowest BCUT2D eigenvalue weighted by atomic mass is 9.91. The molecule has 3 aromatic rings. The Bertz CT molecular complexity index is 1330. The van der Waals surface area contributed by atoms with Crippen molar-refractivity contribution in [2.24, 2.45) is 5.92 Å². The number of aliphatic hydroxyl groups excluding tert-OH is 1. The van der Waals surface area contributed by atoms with Gasteiger partial charge in [-0.3, -0.25) is 9.59 Å². The van der Waals surface area contributed by atoms with Gasteiger partial charge in [0.25, 0.3) is 0 Å². The molecule has 0 aromatic heterocycles. The van der Waals surface area contributed by atoms with E-state index < -0.39 is 24.1 Å². The van der Waals surface area contributed by atoms with Crippen LogP contribution in [0, 0.1) is 5.92 Å². The van der Waals surface area contributed by atoms with Gasteiger partial charge in [-0.1, -0.05) is 43.3 Å². The number of anilines is 1. The third-order valence-electron chi connectivity index (χ3n) is 6.65. The van der Waals surface area contributed by atoms with E-state index in [-0.39, 0.29) is 43.1 Å². The number of rotatable bonds is 11. The molecule has 3 aromatic carbocycles. The van der Waals surface area contributed by atoms with Crippen molar-refractivity contribution < 1.29 is 39.2 Å². The Balaban J connectivity index is 1.54. The molecular weight excluding hydrogens is 534 g/mol. The number of carboxylic acid groups (broad SMARTS) is 2. The summed E-state index contributed by atoms with van der Waals surface area (Å²) in [6, 6.07) is 21.4. The SMILES string of the molecule is C[C@H]1[C@@H](CSc2ccc(C(=O)O)cc2)O[C@@H](c2cccc(NC(=O)CCC(=O)O)c2)O[C@H]1c1ccc(CO)cc1. The number of carbonyl (C=O) groups excluding carboxylic acids is 1. The largest absolute Gasteiger partial charge is 0.481 e. The van der Waals surface area contributed by atoms with Crippen LogP contribution in [0.5, 0.6) is 0 Å². The maximum atomic E-state index is 12.2. The van der Waals surface area contributed by atoms with Gasteiger partial charge < -0.3 is 30.1 Å². The smallest absolute Gasteiger partial charge is 0.335 e. The summed E-state index contributed by atoms with van der Waals surface area (Å²) in [6.07, 6.45) is -1.69. The Kier molecular flexibility index (Phi) is 9.94. The maximum Gasteiger partial charge on any atom is 0.335 e. The summed E-state index contributed by atoms with van der Waals surface area (Å²) in [7, 11) is 0. The number of thioether (sulfide) groups is 1. The van der Waals surface area contributed by atoms with Gasteiger partial charge in [-0.15, -0.1) is 11.8 Å². The molecule has 0 unspecified atom stereocenters. The van der Waals surface area contributed by atoms with Gasteiger partial charge in [-0.25, -0.2) is 4.79 Å². The van der Waals surface area contributed by atoms with Crippen molar-refractivity contribution in [1.29, 1.82) is 0 Å². The fourth-order valence-electron chi connectivity index (χ4n) is 4.39. The molecule has 1 aliphatic rings. The monoisotopic (exact) mass is 565 g/mol. The average Bonchev–Trinajstić information content (AvgIpc) is 2.96. The highest BCUT2D eigenvalue weighted by Gasteiger charge is 2.38. The van der Waals surface area contributed by atoms with Crippen LogP contribution in [0.15, 0.2) is 77.7 Å². The highest BCUT2D eigenvalue weighted by molar-refractivity contribution is 7.99. The van der Waals surface area contributed by atoms with E-state index in [1.165, 1.54) is 0 Å². The maximum absolute atomic E-state index is 12.2. The molecule has 4 N–H and O–H groups in total. The zero-order valence-electron chi connectivity index (χ0n) is 21.9. The minimum Gasteiger partial charge on any atom is -0.481 e. The Morgan fingerprint density at radius 3 is 2.27 bits per heavy atom. The minimum atomic E-state index is -1.04. The first-order valence-corrected chi connectivity index (χ1v) is 13.8. The molecule has 4 atom stereocenters. The number of carbonyl (C=O) groups is 3. The topological polar surface area (TPSA) is 142 Å². The van der Waals surface area contributed by atoms with E-state index in [0.29, 0.717) is 17.0 Å². The van der Waals surface area contributed by atoms with Crippen LogP contribution in [0.4, 0.5) is 5.69 Å². The normalized spacial score (nSPS) is 20.6. The predicted molar refractivity (Wildman–Crippen MR) is 149 cm³/mol. The molecule has 0 radical (unpaired) electrons. The van der Waals surface area contributed by atoms with Gasteiger partial charge in [0.1, 0.15) is 0 Å². The van der Waals surface area contributed by atoms with Crippen LogP contribution in [-0.2, 0) is 25.7 Å². The molecule has 4 rings (SSSR count). The summed E-state index contributed by atoms with van der Waals surface area (Å²) < 4.78 is 12.9. The lowest BCUT2D eigenvalue weighted by Crippen LogP contribution is -2.38. The van der Waals surface area contributed by atoms with Gasteiger partial charge in [0.05, 0.1) is 30.8 Å². The lowest BCUT2D eigenvalue weighted by Gasteiger charge is -2.41. The number of aliphatic hydroxyl groups is 1. The van der Waals surface area contributed by atoms with Crippen molar-refractivity contribution >= 4 is 35.3 Å². The van der Waals surface area contributed by atoms with Gasteiger partial charge in [0.15, 0.2) is 6.29 Å². The number of nitrogens with one attached hydrogen (secondary N) is 1. The third kappa shape index (κ3) is 7.70. The van der Waals surface area contributed by atoms with Crippen molar-refractivity contribution in [2.45, 2.75) is 49.8 Å². The molecule has 10 heteroatoms. The van der Waals surface area contributed by atoms with Crippen LogP contribution in [0.3, 0.4) is 0 Å². The van der Waals surface area contributed by atoms with Crippen molar-refractivity contribution in [2.75, 3.05) is 11.1 Å². The van der Waals surface area contributed by atoms with Gasteiger partial charge in [-0.05, 0) is 47.5 Å². The molecule has 40 heavy (non-hydrogen) atoms. The molecule has 0 aliphatic carbocycles. The zero-order valence-corrected chi connectivity index (χ0v) is 22.7. The number of benzene rings is 3. The Labute approximate surface area is 236 Å².